The second-order valence-electron chi connectivity index (χ2n) is 7.32. The predicted octanol–water partition coefficient (Wildman–Crippen LogP) is 3.63. The Morgan fingerprint density at radius 1 is 1.18 bits per heavy atom. The molecular weight excluding hydrogens is 370 g/mol. The summed E-state index contributed by atoms with van der Waals surface area (Å²) in [5.74, 6) is 0.0428. The summed E-state index contributed by atoms with van der Waals surface area (Å²) in [6.07, 6.45) is 3.72. The minimum atomic E-state index is -0.0929. The first kappa shape index (κ1) is 20.4. The lowest BCUT2D eigenvalue weighted by Gasteiger charge is -2.31. The van der Waals surface area contributed by atoms with Crippen LogP contribution in [0.5, 0.6) is 0 Å². The molecule has 6 heteroatoms. The summed E-state index contributed by atoms with van der Waals surface area (Å²) >= 11 is 1.46. The van der Waals surface area contributed by atoms with Crippen LogP contribution in [0.2, 0.25) is 0 Å². The Bertz CT molecular complexity index is 748. The summed E-state index contributed by atoms with van der Waals surface area (Å²) in [6, 6.07) is 14.1. The third kappa shape index (κ3) is 5.58. The van der Waals surface area contributed by atoms with E-state index < -0.39 is 0 Å². The summed E-state index contributed by atoms with van der Waals surface area (Å²) < 4.78 is 0. The molecular formula is C22H29N3O2S. The molecule has 1 aromatic heterocycles. The number of thiophene rings is 1. The van der Waals surface area contributed by atoms with E-state index in [-0.39, 0.29) is 17.7 Å². The van der Waals surface area contributed by atoms with Crippen LogP contribution < -0.4 is 10.2 Å². The average Bonchev–Trinajstić information content (AvgIpc) is 3.28. The number of para-hydroxylation sites is 1. The van der Waals surface area contributed by atoms with Crippen molar-refractivity contribution in [1.29, 1.82) is 0 Å². The molecule has 1 unspecified atom stereocenters. The van der Waals surface area contributed by atoms with Gasteiger partial charge in [0.15, 0.2) is 0 Å². The van der Waals surface area contributed by atoms with Gasteiger partial charge in [-0.3, -0.25) is 9.59 Å². The fourth-order valence-electron chi connectivity index (χ4n) is 3.57. The molecule has 1 atom stereocenters. The van der Waals surface area contributed by atoms with Crippen LogP contribution in [0.4, 0.5) is 5.69 Å². The number of carbonyl (C=O) groups excluding carboxylic acids is 2. The Morgan fingerprint density at radius 2 is 2.00 bits per heavy atom. The Hall–Kier alpha value is -2.34. The lowest BCUT2D eigenvalue weighted by molar-refractivity contribution is -0.126. The fraction of sp³-hybridized carbons (Fsp3) is 0.455. The van der Waals surface area contributed by atoms with Crippen LogP contribution in [0.15, 0.2) is 47.8 Å². The summed E-state index contributed by atoms with van der Waals surface area (Å²) in [6.45, 7) is 2.93. The number of unbranched alkanes of at least 4 members (excludes halogenated alkanes) is 1. The van der Waals surface area contributed by atoms with Gasteiger partial charge in [-0.2, -0.15) is 0 Å². The van der Waals surface area contributed by atoms with E-state index in [2.05, 4.69) is 29.4 Å². The number of carbonyl (C=O) groups is 2. The van der Waals surface area contributed by atoms with Crippen LogP contribution in [0.25, 0.3) is 0 Å². The second kappa shape index (κ2) is 10.3. The minimum Gasteiger partial charge on any atom is -0.375 e. The van der Waals surface area contributed by atoms with Gasteiger partial charge in [0, 0.05) is 38.9 Å². The Morgan fingerprint density at radius 3 is 2.75 bits per heavy atom. The highest BCUT2D eigenvalue weighted by Gasteiger charge is 2.29. The van der Waals surface area contributed by atoms with E-state index in [4.69, 9.17) is 0 Å². The number of nitrogens with one attached hydrogen (secondary N) is 1. The molecule has 1 aliphatic heterocycles. The van der Waals surface area contributed by atoms with Crippen molar-refractivity contribution in [2.75, 3.05) is 38.1 Å². The summed E-state index contributed by atoms with van der Waals surface area (Å²) in [5, 5.41) is 4.98. The maximum atomic E-state index is 12.5. The van der Waals surface area contributed by atoms with Gasteiger partial charge < -0.3 is 15.1 Å². The number of hydrogen-bond donors (Lipinski definition) is 1. The normalized spacial score (nSPS) is 16.6. The zero-order valence-electron chi connectivity index (χ0n) is 16.5. The van der Waals surface area contributed by atoms with E-state index >= 15 is 0 Å². The summed E-state index contributed by atoms with van der Waals surface area (Å²) in [5.41, 5.74) is 1.21. The topological polar surface area (TPSA) is 52.7 Å². The molecule has 2 aromatic rings. The number of amides is 2. The lowest BCUT2D eigenvalue weighted by atomic mass is 9.97. The standard InChI is InChI=1S/C22H29N3O2S/c1-24(19-10-3-2-4-11-19)14-6-5-13-23-21(26)18-9-7-15-25(17-18)22(27)20-12-8-16-28-20/h2-4,8,10-12,16,18H,5-7,9,13-15,17H2,1H3,(H,23,26). The Kier molecular flexibility index (Phi) is 7.48. The number of likely N-dealkylation sites (tertiary alicyclic amines) is 1. The molecule has 2 amide bonds. The van der Waals surface area contributed by atoms with Gasteiger partial charge in [-0.25, -0.2) is 0 Å². The van der Waals surface area contributed by atoms with Gasteiger partial charge in [-0.1, -0.05) is 24.3 Å². The molecule has 28 heavy (non-hydrogen) atoms. The van der Waals surface area contributed by atoms with Gasteiger partial charge in [0.2, 0.25) is 5.91 Å². The largest absolute Gasteiger partial charge is 0.375 e. The zero-order valence-corrected chi connectivity index (χ0v) is 17.3. The molecule has 1 aliphatic rings. The van der Waals surface area contributed by atoms with Crippen LogP contribution in [0, 0.1) is 5.92 Å². The highest BCUT2D eigenvalue weighted by Crippen LogP contribution is 2.20. The molecule has 3 rings (SSSR count). The average molecular weight is 400 g/mol. The molecule has 2 heterocycles. The van der Waals surface area contributed by atoms with Crippen molar-refractivity contribution in [3.8, 4) is 0 Å². The highest BCUT2D eigenvalue weighted by atomic mass is 32.1. The van der Waals surface area contributed by atoms with Crippen molar-refractivity contribution in [3.05, 3.63) is 52.7 Å². The number of nitrogens with zero attached hydrogens (tertiary/aromatic N) is 2. The first-order valence-electron chi connectivity index (χ1n) is 10.0. The molecule has 1 saturated heterocycles. The molecule has 0 saturated carbocycles. The number of benzene rings is 1. The Balaban J connectivity index is 1.36. The number of rotatable bonds is 8. The first-order valence-corrected chi connectivity index (χ1v) is 10.9. The second-order valence-corrected chi connectivity index (χ2v) is 8.27. The maximum Gasteiger partial charge on any atom is 0.263 e. The van der Waals surface area contributed by atoms with Crippen molar-refractivity contribution < 1.29 is 9.59 Å². The van der Waals surface area contributed by atoms with Crippen LogP contribution in [0.3, 0.4) is 0 Å². The lowest BCUT2D eigenvalue weighted by Crippen LogP contribution is -2.45. The van der Waals surface area contributed by atoms with E-state index in [0.29, 0.717) is 13.1 Å². The van der Waals surface area contributed by atoms with Crippen molar-refractivity contribution in [2.24, 2.45) is 5.92 Å². The third-order valence-electron chi connectivity index (χ3n) is 5.23. The molecule has 0 radical (unpaired) electrons. The molecule has 0 spiro atoms. The smallest absolute Gasteiger partial charge is 0.263 e. The van der Waals surface area contributed by atoms with Crippen molar-refractivity contribution in [2.45, 2.75) is 25.7 Å². The monoisotopic (exact) mass is 399 g/mol. The van der Waals surface area contributed by atoms with E-state index in [1.807, 2.05) is 40.6 Å². The van der Waals surface area contributed by atoms with Gasteiger partial charge in [0.25, 0.3) is 5.91 Å². The van der Waals surface area contributed by atoms with E-state index in [1.165, 1.54) is 17.0 Å². The fourth-order valence-corrected chi connectivity index (χ4v) is 4.26. The first-order chi connectivity index (χ1) is 13.6. The van der Waals surface area contributed by atoms with Crippen LogP contribution >= 0.6 is 11.3 Å². The molecule has 1 fully saturated rings. The summed E-state index contributed by atoms with van der Waals surface area (Å²) in [7, 11) is 2.09. The third-order valence-corrected chi connectivity index (χ3v) is 6.09. The minimum absolute atomic E-state index is 0.0523. The molecule has 5 nitrogen and oxygen atoms in total. The Labute approximate surface area is 171 Å². The molecule has 0 aliphatic carbocycles. The SMILES string of the molecule is CN(CCCCNC(=O)C1CCCN(C(=O)c2cccs2)C1)c1ccccc1. The van der Waals surface area contributed by atoms with Crippen molar-refractivity contribution in [1.82, 2.24) is 10.2 Å². The quantitative estimate of drug-likeness (QED) is 0.690. The van der Waals surface area contributed by atoms with Crippen LogP contribution in [0.1, 0.15) is 35.4 Å². The van der Waals surface area contributed by atoms with Gasteiger partial charge in [0.05, 0.1) is 10.8 Å². The van der Waals surface area contributed by atoms with Gasteiger partial charge >= 0.3 is 0 Å². The number of anilines is 1. The predicted molar refractivity (Wildman–Crippen MR) is 115 cm³/mol. The molecule has 1 N–H and O–H groups in total. The van der Waals surface area contributed by atoms with Gasteiger partial charge in [-0.15, -0.1) is 11.3 Å². The number of hydrogen-bond acceptors (Lipinski definition) is 4. The van der Waals surface area contributed by atoms with Gasteiger partial charge in [-0.05, 0) is 49.3 Å². The van der Waals surface area contributed by atoms with Crippen LogP contribution in [-0.4, -0.2) is 49.9 Å². The number of piperidine rings is 1. The summed E-state index contributed by atoms with van der Waals surface area (Å²) in [4.78, 5) is 29.8. The van der Waals surface area contributed by atoms with Crippen molar-refractivity contribution in [3.63, 3.8) is 0 Å². The zero-order chi connectivity index (χ0) is 19.8. The molecule has 150 valence electrons. The van der Waals surface area contributed by atoms with E-state index in [1.54, 1.807) is 0 Å². The molecule has 1 aromatic carbocycles. The highest BCUT2D eigenvalue weighted by molar-refractivity contribution is 7.12. The van der Waals surface area contributed by atoms with E-state index in [0.717, 1.165) is 43.6 Å². The maximum absolute atomic E-state index is 12.5. The van der Waals surface area contributed by atoms with Crippen molar-refractivity contribution >= 4 is 28.8 Å². The van der Waals surface area contributed by atoms with Gasteiger partial charge in [0.1, 0.15) is 0 Å². The molecule has 0 bridgehead atoms. The van der Waals surface area contributed by atoms with E-state index in [9.17, 15) is 9.59 Å². The van der Waals surface area contributed by atoms with Crippen LogP contribution in [-0.2, 0) is 4.79 Å².